The van der Waals surface area contributed by atoms with Crippen molar-refractivity contribution in [3.05, 3.63) is 36.0 Å². The molecule has 0 atom stereocenters. The smallest absolute Gasteiger partial charge is 0.157 e. The molecule has 2 aromatic heterocycles. The van der Waals surface area contributed by atoms with Crippen molar-refractivity contribution in [2.45, 2.75) is 26.5 Å². The Hall–Kier alpha value is -1.75. The Labute approximate surface area is 107 Å². The number of hydrogen-bond acceptors (Lipinski definition) is 4. The highest BCUT2D eigenvalue weighted by Gasteiger charge is 2.03. The molecule has 1 N–H and O–H groups in total. The second-order valence-corrected chi connectivity index (χ2v) is 4.24. The molecule has 0 radical (unpaired) electrons. The van der Waals surface area contributed by atoms with Crippen molar-refractivity contribution in [3.63, 3.8) is 0 Å². The molecule has 2 heterocycles. The molecule has 98 valence electrons. The van der Waals surface area contributed by atoms with Gasteiger partial charge in [0.1, 0.15) is 12.4 Å². The van der Waals surface area contributed by atoms with Gasteiger partial charge in [0.2, 0.25) is 0 Å². The van der Waals surface area contributed by atoms with Crippen LogP contribution in [0, 0.1) is 0 Å². The fourth-order valence-electron chi connectivity index (χ4n) is 1.63. The molecule has 0 fully saturated rings. The third kappa shape index (κ3) is 3.63. The summed E-state index contributed by atoms with van der Waals surface area (Å²) in [5.74, 6) is 1.58. The van der Waals surface area contributed by atoms with E-state index in [1.807, 2.05) is 19.3 Å². The summed E-state index contributed by atoms with van der Waals surface area (Å²) in [6.07, 6.45) is 6.42. The predicted octanol–water partition coefficient (Wildman–Crippen LogP) is 2.09. The minimum absolute atomic E-state index is 0.430. The largest absolute Gasteiger partial charge is 0.482 e. The first kappa shape index (κ1) is 12.7. The maximum absolute atomic E-state index is 5.55. The number of nitrogens with one attached hydrogen (secondary N) is 1. The molecule has 2 rings (SSSR count). The van der Waals surface area contributed by atoms with E-state index in [9.17, 15) is 0 Å². The molecule has 0 amide bonds. The van der Waals surface area contributed by atoms with Gasteiger partial charge >= 0.3 is 0 Å². The van der Waals surface area contributed by atoms with E-state index in [0.29, 0.717) is 6.61 Å². The van der Waals surface area contributed by atoms with Crippen molar-refractivity contribution in [2.75, 3.05) is 6.54 Å². The highest BCUT2D eigenvalue weighted by atomic mass is 16.5. The van der Waals surface area contributed by atoms with Crippen LogP contribution in [0.2, 0.25) is 0 Å². The average Bonchev–Trinajstić information content (AvgIpc) is 2.96. The van der Waals surface area contributed by atoms with Crippen LogP contribution in [0.15, 0.2) is 29.1 Å². The van der Waals surface area contributed by atoms with E-state index in [4.69, 9.17) is 9.15 Å². The third-order valence-electron chi connectivity index (χ3n) is 2.53. The lowest BCUT2D eigenvalue weighted by molar-refractivity contribution is 0.270. The van der Waals surface area contributed by atoms with E-state index in [1.165, 1.54) is 0 Å². The first-order chi connectivity index (χ1) is 8.78. The lowest BCUT2D eigenvalue weighted by atomic mass is 10.3. The molecule has 0 aliphatic heterocycles. The molecular weight excluding hydrogens is 230 g/mol. The van der Waals surface area contributed by atoms with E-state index in [1.54, 1.807) is 17.1 Å². The van der Waals surface area contributed by atoms with Gasteiger partial charge in [0.15, 0.2) is 5.75 Å². The Balaban J connectivity index is 1.79. The molecule has 0 unspecified atom stereocenters. The van der Waals surface area contributed by atoms with Gasteiger partial charge in [-0.2, -0.15) is 5.10 Å². The van der Waals surface area contributed by atoms with E-state index >= 15 is 0 Å². The second kappa shape index (κ2) is 6.26. The minimum Gasteiger partial charge on any atom is -0.482 e. The van der Waals surface area contributed by atoms with Crippen LogP contribution in [0.5, 0.6) is 5.75 Å². The van der Waals surface area contributed by atoms with Gasteiger partial charge in [-0.3, -0.25) is 4.68 Å². The van der Waals surface area contributed by atoms with Crippen molar-refractivity contribution in [2.24, 2.45) is 7.05 Å². The van der Waals surface area contributed by atoms with Crippen LogP contribution in [-0.4, -0.2) is 16.3 Å². The minimum atomic E-state index is 0.430. The fraction of sp³-hybridized carbons (Fsp3) is 0.462. The summed E-state index contributed by atoms with van der Waals surface area (Å²) in [7, 11) is 1.86. The van der Waals surface area contributed by atoms with Crippen molar-refractivity contribution in [1.29, 1.82) is 0 Å². The van der Waals surface area contributed by atoms with E-state index in [-0.39, 0.29) is 0 Å². The lowest BCUT2D eigenvalue weighted by Gasteiger charge is -1.99. The van der Waals surface area contributed by atoms with E-state index in [2.05, 4.69) is 17.3 Å². The zero-order valence-corrected chi connectivity index (χ0v) is 10.8. The van der Waals surface area contributed by atoms with Crippen molar-refractivity contribution < 1.29 is 9.15 Å². The quantitative estimate of drug-likeness (QED) is 0.763. The zero-order chi connectivity index (χ0) is 12.8. The van der Waals surface area contributed by atoms with Gasteiger partial charge in [0.05, 0.1) is 18.7 Å². The number of furan rings is 1. The van der Waals surface area contributed by atoms with Crippen LogP contribution in [0.3, 0.4) is 0 Å². The molecule has 0 spiro atoms. The highest BCUT2D eigenvalue weighted by Crippen LogP contribution is 2.13. The number of aromatic nitrogens is 2. The van der Waals surface area contributed by atoms with Gasteiger partial charge in [-0.25, -0.2) is 0 Å². The second-order valence-electron chi connectivity index (χ2n) is 4.24. The molecule has 18 heavy (non-hydrogen) atoms. The normalized spacial score (nSPS) is 10.8. The molecular formula is C13H19N3O2. The molecule has 0 aliphatic rings. The van der Waals surface area contributed by atoms with Gasteiger partial charge in [-0.15, -0.1) is 0 Å². The highest BCUT2D eigenvalue weighted by molar-refractivity contribution is 5.15. The van der Waals surface area contributed by atoms with Crippen molar-refractivity contribution >= 4 is 0 Å². The monoisotopic (exact) mass is 249 g/mol. The average molecular weight is 249 g/mol. The summed E-state index contributed by atoms with van der Waals surface area (Å²) in [6, 6.07) is 2.01. The molecule has 5 nitrogen and oxygen atoms in total. The number of aryl methyl sites for hydroxylation is 1. The Kier molecular flexibility index (Phi) is 4.41. The van der Waals surface area contributed by atoms with Crippen LogP contribution >= 0.6 is 0 Å². The Morgan fingerprint density at radius 2 is 2.39 bits per heavy atom. The van der Waals surface area contributed by atoms with Gasteiger partial charge in [-0.1, -0.05) is 6.92 Å². The van der Waals surface area contributed by atoms with Gasteiger partial charge in [0.25, 0.3) is 0 Å². The van der Waals surface area contributed by atoms with E-state index in [0.717, 1.165) is 36.6 Å². The molecule has 5 heteroatoms. The number of nitrogens with zero attached hydrogens (tertiary/aromatic N) is 2. The third-order valence-corrected chi connectivity index (χ3v) is 2.53. The predicted molar refractivity (Wildman–Crippen MR) is 68.2 cm³/mol. The van der Waals surface area contributed by atoms with Gasteiger partial charge < -0.3 is 14.5 Å². The summed E-state index contributed by atoms with van der Waals surface area (Å²) in [5, 5.41) is 7.36. The Bertz CT molecular complexity index is 476. The summed E-state index contributed by atoms with van der Waals surface area (Å²) < 4.78 is 12.7. The first-order valence-electron chi connectivity index (χ1n) is 6.16. The Morgan fingerprint density at radius 3 is 3.11 bits per heavy atom. The summed E-state index contributed by atoms with van der Waals surface area (Å²) in [4.78, 5) is 0. The van der Waals surface area contributed by atoms with Crippen LogP contribution in [0.25, 0.3) is 0 Å². The topological polar surface area (TPSA) is 52.2 Å². The number of hydrogen-bond donors (Lipinski definition) is 1. The fourth-order valence-corrected chi connectivity index (χ4v) is 1.63. The summed E-state index contributed by atoms with van der Waals surface area (Å²) in [6.45, 7) is 4.44. The molecule has 0 saturated carbocycles. The number of ether oxygens (including phenoxy) is 1. The standard InChI is InChI=1S/C13H19N3O2/c1-3-4-14-6-11-5-12(17-9-11)10-18-13-7-15-16(2)8-13/h5,7-9,14H,3-4,6,10H2,1-2H3. The molecule has 2 aromatic rings. The SMILES string of the molecule is CCCNCc1coc(COc2cnn(C)c2)c1. The van der Waals surface area contributed by atoms with Crippen molar-refractivity contribution in [3.8, 4) is 5.75 Å². The maximum Gasteiger partial charge on any atom is 0.157 e. The first-order valence-corrected chi connectivity index (χ1v) is 6.16. The van der Waals surface area contributed by atoms with Gasteiger partial charge in [-0.05, 0) is 19.0 Å². The summed E-state index contributed by atoms with van der Waals surface area (Å²) >= 11 is 0. The number of rotatable bonds is 7. The molecule has 0 aliphatic carbocycles. The maximum atomic E-state index is 5.55. The van der Waals surface area contributed by atoms with Crippen LogP contribution in [0.1, 0.15) is 24.7 Å². The van der Waals surface area contributed by atoms with Crippen LogP contribution in [-0.2, 0) is 20.2 Å². The Morgan fingerprint density at radius 1 is 1.50 bits per heavy atom. The lowest BCUT2D eigenvalue weighted by Crippen LogP contribution is -2.13. The molecule has 0 saturated heterocycles. The zero-order valence-electron chi connectivity index (χ0n) is 10.8. The van der Waals surface area contributed by atoms with E-state index < -0.39 is 0 Å². The molecule has 0 bridgehead atoms. The van der Waals surface area contributed by atoms with Crippen LogP contribution in [0.4, 0.5) is 0 Å². The summed E-state index contributed by atoms with van der Waals surface area (Å²) in [5.41, 5.74) is 1.15. The molecule has 0 aromatic carbocycles. The van der Waals surface area contributed by atoms with Crippen molar-refractivity contribution in [1.82, 2.24) is 15.1 Å². The van der Waals surface area contributed by atoms with Gasteiger partial charge in [0, 0.05) is 19.2 Å². The van der Waals surface area contributed by atoms with Crippen LogP contribution < -0.4 is 10.1 Å².